The van der Waals surface area contributed by atoms with Crippen LogP contribution in [0.15, 0.2) is 30.3 Å². The van der Waals surface area contributed by atoms with Crippen LogP contribution in [0.3, 0.4) is 0 Å². The standard InChI is InChI=1S/C40H74/c1-40(2,3)38-34-29-27-25-23-21-19-17-15-13-11-9-7-5-4-6-8-10-12-14-16-18-20-22-24-26-28-31-35-39-36-32-30-33-37-39/h30,32-33,36-37H,4-29,31,34-35,38H2,1-3H3. The first-order valence-corrected chi connectivity index (χ1v) is 18.6. The predicted octanol–water partition coefficient (Wildman–Crippen LogP) is 14.6. The summed E-state index contributed by atoms with van der Waals surface area (Å²) in [6, 6.07) is 11.0. The Kier molecular flexibility index (Phi) is 26.4. The molecule has 0 unspecified atom stereocenters. The van der Waals surface area contributed by atoms with E-state index < -0.39 is 0 Å². The normalized spacial score (nSPS) is 11.9. The molecule has 1 aromatic rings. The van der Waals surface area contributed by atoms with E-state index in [0.29, 0.717) is 5.41 Å². The summed E-state index contributed by atoms with van der Waals surface area (Å²) in [5.74, 6) is 0. The van der Waals surface area contributed by atoms with Gasteiger partial charge >= 0.3 is 0 Å². The van der Waals surface area contributed by atoms with E-state index in [1.807, 2.05) is 0 Å². The second-order valence-electron chi connectivity index (χ2n) is 14.4. The van der Waals surface area contributed by atoms with Gasteiger partial charge in [-0.15, -0.1) is 0 Å². The van der Waals surface area contributed by atoms with E-state index in [-0.39, 0.29) is 0 Å². The van der Waals surface area contributed by atoms with Crippen LogP contribution in [0, 0.1) is 5.41 Å². The third-order valence-corrected chi connectivity index (χ3v) is 8.99. The number of aryl methyl sites for hydroxylation is 1. The van der Waals surface area contributed by atoms with Gasteiger partial charge in [0.25, 0.3) is 0 Å². The smallest absolute Gasteiger partial charge is 0.0279 e. The lowest BCUT2D eigenvalue weighted by molar-refractivity contribution is 0.356. The maximum atomic E-state index is 2.37. The van der Waals surface area contributed by atoms with Gasteiger partial charge in [-0.25, -0.2) is 0 Å². The highest BCUT2D eigenvalue weighted by molar-refractivity contribution is 5.14. The lowest BCUT2D eigenvalue weighted by atomic mass is 9.89. The van der Waals surface area contributed by atoms with Gasteiger partial charge in [-0.05, 0) is 30.2 Å². The van der Waals surface area contributed by atoms with E-state index in [1.165, 1.54) is 198 Å². The van der Waals surface area contributed by atoms with Crippen molar-refractivity contribution < 1.29 is 0 Å². The molecule has 40 heavy (non-hydrogen) atoms. The molecule has 0 heterocycles. The second-order valence-corrected chi connectivity index (χ2v) is 14.4. The lowest BCUT2D eigenvalue weighted by Crippen LogP contribution is -2.03. The molecule has 0 fully saturated rings. The fraction of sp³-hybridized carbons (Fsp3) is 0.850. The van der Waals surface area contributed by atoms with E-state index in [2.05, 4.69) is 51.1 Å². The molecule has 0 amide bonds. The fourth-order valence-corrected chi connectivity index (χ4v) is 6.23. The number of hydrogen-bond acceptors (Lipinski definition) is 0. The molecular weight excluding hydrogens is 480 g/mol. The Labute approximate surface area is 254 Å². The van der Waals surface area contributed by atoms with Crippen molar-refractivity contribution in [3.63, 3.8) is 0 Å². The summed E-state index contributed by atoms with van der Waals surface area (Å²) in [6.07, 6.45) is 43.8. The highest BCUT2D eigenvalue weighted by atomic mass is 14.1. The molecule has 0 aliphatic carbocycles. The predicted molar refractivity (Wildman–Crippen MR) is 183 cm³/mol. The fourth-order valence-electron chi connectivity index (χ4n) is 6.23. The zero-order valence-electron chi connectivity index (χ0n) is 28.1. The van der Waals surface area contributed by atoms with Crippen molar-refractivity contribution in [2.45, 2.75) is 213 Å². The summed E-state index contributed by atoms with van der Waals surface area (Å²) in [4.78, 5) is 0. The van der Waals surface area contributed by atoms with E-state index >= 15 is 0 Å². The second kappa shape index (κ2) is 28.3. The van der Waals surface area contributed by atoms with Crippen molar-refractivity contribution >= 4 is 0 Å². The van der Waals surface area contributed by atoms with Crippen LogP contribution in [0.25, 0.3) is 0 Å². The monoisotopic (exact) mass is 555 g/mol. The molecule has 0 saturated heterocycles. The van der Waals surface area contributed by atoms with Gasteiger partial charge in [0.05, 0.1) is 0 Å². The minimum Gasteiger partial charge on any atom is -0.0622 e. The molecule has 0 aliphatic rings. The van der Waals surface area contributed by atoms with Crippen LogP contribution in [0.1, 0.15) is 213 Å². The molecule has 0 heteroatoms. The highest BCUT2D eigenvalue weighted by Gasteiger charge is 2.08. The van der Waals surface area contributed by atoms with Crippen LogP contribution in [-0.2, 0) is 6.42 Å². The zero-order valence-corrected chi connectivity index (χ0v) is 28.1. The van der Waals surface area contributed by atoms with Crippen LogP contribution >= 0.6 is 0 Å². The molecule has 1 aromatic carbocycles. The molecule has 0 spiro atoms. The van der Waals surface area contributed by atoms with Crippen LogP contribution in [0.5, 0.6) is 0 Å². The van der Waals surface area contributed by atoms with Gasteiger partial charge in [0.15, 0.2) is 0 Å². The van der Waals surface area contributed by atoms with Crippen molar-refractivity contribution in [3.05, 3.63) is 35.9 Å². The largest absolute Gasteiger partial charge is 0.0622 e. The van der Waals surface area contributed by atoms with E-state index in [9.17, 15) is 0 Å². The molecular formula is C40H74. The minimum absolute atomic E-state index is 0.531. The molecule has 0 bridgehead atoms. The SMILES string of the molecule is CC(C)(C)CCCCCCCCCCCCCCCCCCCCCCCCCCCCCCc1ccccc1. The molecule has 0 aliphatic heterocycles. The molecule has 1 rings (SSSR count). The highest BCUT2D eigenvalue weighted by Crippen LogP contribution is 2.23. The Hall–Kier alpha value is -0.780. The van der Waals surface area contributed by atoms with Crippen molar-refractivity contribution in [2.75, 3.05) is 0 Å². The lowest BCUT2D eigenvalue weighted by Gasteiger charge is -2.17. The van der Waals surface area contributed by atoms with Crippen LogP contribution in [-0.4, -0.2) is 0 Å². The minimum atomic E-state index is 0.531. The average molecular weight is 555 g/mol. The first-order valence-electron chi connectivity index (χ1n) is 18.6. The number of unbranched alkanes of at least 4 members (excludes halogenated alkanes) is 27. The third-order valence-electron chi connectivity index (χ3n) is 8.99. The molecule has 0 atom stereocenters. The van der Waals surface area contributed by atoms with Gasteiger partial charge in [0.2, 0.25) is 0 Å². The summed E-state index contributed by atoms with van der Waals surface area (Å²) in [6.45, 7) is 7.11. The van der Waals surface area contributed by atoms with Crippen molar-refractivity contribution in [2.24, 2.45) is 5.41 Å². The Morgan fingerprint density at radius 2 is 0.575 bits per heavy atom. The molecule has 234 valence electrons. The Balaban J connectivity index is 1.63. The Morgan fingerprint density at radius 3 is 0.850 bits per heavy atom. The summed E-state index contributed by atoms with van der Waals surface area (Å²) < 4.78 is 0. The maximum absolute atomic E-state index is 2.37. The van der Waals surface area contributed by atoms with E-state index in [0.717, 1.165) is 0 Å². The van der Waals surface area contributed by atoms with Gasteiger partial charge in [0, 0.05) is 0 Å². The zero-order chi connectivity index (χ0) is 28.8. The number of rotatable bonds is 30. The average Bonchev–Trinajstić information content (AvgIpc) is 2.94. The Morgan fingerprint density at radius 1 is 0.325 bits per heavy atom. The first-order chi connectivity index (χ1) is 19.6. The van der Waals surface area contributed by atoms with Gasteiger partial charge in [-0.1, -0.05) is 224 Å². The molecule has 0 nitrogen and oxygen atoms in total. The Bertz CT molecular complexity index is 594. The molecule has 0 saturated carbocycles. The molecule has 0 N–H and O–H groups in total. The van der Waals surface area contributed by atoms with Gasteiger partial charge < -0.3 is 0 Å². The van der Waals surface area contributed by atoms with Gasteiger partial charge in [0.1, 0.15) is 0 Å². The quantitative estimate of drug-likeness (QED) is 0.0829. The van der Waals surface area contributed by atoms with E-state index in [1.54, 1.807) is 0 Å². The van der Waals surface area contributed by atoms with Crippen LogP contribution in [0.2, 0.25) is 0 Å². The van der Waals surface area contributed by atoms with Crippen LogP contribution < -0.4 is 0 Å². The summed E-state index contributed by atoms with van der Waals surface area (Å²) in [5.41, 5.74) is 2.04. The van der Waals surface area contributed by atoms with Crippen molar-refractivity contribution in [3.8, 4) is 0 Å². The number of hydrogen-bond donors (Lipinski definition) is 0. The van der Waals surface area contributed by atoms with Gasteiger partial charge in [-0.2, -0.15) is 0 Å². The van der Waals surface area contributed by atoms with Crippen molar-refractivity contribution in [1.82, 2.24) is 0 Å². The maximum Gasteiger partial charge on any atom is -0.0279 e. The first kappa shape index (κ1) is 37.2. The summed E-state index contributed by atoms with van der Waals surface area (Å²) >= 11 is 0. The number of benzene rings is 1. The summed E-state index contributed by atoms with van der Waals surface area (Å²) in [5, 5.41) is 0. The molecule has 0 radical (unpaired) electrons. The van der Waals surface area contributed by atoms with Crippen LogP contribution in [0.4, 0.5) is 0 Å². The summed E-state index contributed by atoms with van der Waals surface area (Å²) in [7, 11) is 0. The van der Waals surface area contributed by atoms with E-state index in [4.69, 9.17) is 0 Å². The topological polar surface area (TPSA) is 0 Å². The van der Waals surface area contributed by atoms with Gasteiger partial charge in [-0.3, -0.25) is 0 Å². The third kappa shape index (κ3) is 28.7. The molecule has 0 aromatic heterocycles. The van der Waals surface area contributed by atoms with Crippen molar-refractivity contribution in [1.29, 1.82) is 0 Å².